The summed E-state index contributed by atoms with van der Waals surface area (Å²) < 4.78 is 0. The molecule has 0 saturated carbocycles. The van der Waals surface area contributed by atoms with Crippen LogP contribution in [0.4, 0.5) is 0 Å². The maximum atomic E-state index is 11.8. The van der Waals surface area contributed by atoms with Crippen molar-refractivity contribution in [2.45, 2.75) is 6.42 Å². The smallest absolute Gasteiger partial charge is 0.182 e. The number of benzene rings is 1. The highest BCUT2D eigenvalue weighted by atomic mass is 16.1. The Morgan fingerprint density at radius 2 is 1.84 bits per heavy atom. The minimum atomic E-state index is -0.136. The van der Waals surface area contributed by atoms with Gasteiger partial charge in [-0.2, -0.15) is 0 Å². The molecule has 0 radical (unpaired) electrons. The molecule has 0 N–H and O–H groups in total. The van der Waals surface area contributed by atoms with Gasteiger partial charge in [-0.25, -0.2) is 0 Å². The van der Waals surface area contributed by atoms with Gasteiger partial charge in [-0.15, -0.1) is 0 Å². The molecule has 0 atom stereocenters. The molecule has 0 amide bonds. The fourth-order valence-electron chi connectivity index (χ4n) is 2.21. The van der Waals surface area contributed by atoms with Crippen molar-refractivity contribution in [3.63, 3.8) is 0 Å². The Morgan fingerprint density at radius 1 is 1.00 bits per heavy atom. The Labute approximate surface area is 110 Å². The number of ketones is 2. The molecule has 1 aromatic carbocycles. The van der Waals surface area contributed by atoms with Crippen molar-refractivity contribution < 1.29 is 9.59 Å². The summed E-state index contributed by atoms with van der Waals surface area (Å²) in [6.45, 7) is 0. The maximum absolute atomic E-state index is 11.8. The van der Waals surface area contributed by atoms with E-state index < -0.39 is 0 Å². The summed E-state index contributed by atoms with van der Waals surface area (Å²) in [5.41, 5.74) is 2.35. The van der Waals surface area contributed by atoms with Crippen LogP contribution in [0.3, 0.4) is 0 Å². The minimum Gasteiger partial charge on any atom is -0.290 e. The predicted molar refractivity (Wildman–Crippen MR) is 72.7 cm³/mol. The SMILES string of the molecule is O=C1C=CC(=O)C(Cc2cccc3cccnc23)=C1. The van der Waals surface area contributed by atoms with Gasteiger partial charge in [0.05, 0.1) is 5.52 Å². The van der Waals surface area contributed by atoms with Crippen molar-refractivity contribution in [1.82, 2.24) is 4.98 Å². The molecular formula is C16H11NO2. The maximum Gasteiger partial charge on any atom is 0.182 e. The van der Waals surface area contributed by atoms with Crippen LogP contribution in [0, 0.1) is 0 Å². The van der Waals surface area contributed by atoms with Gasteiger partial charge in [0.2, 0.25) is 0 Å². The second kappa shape index (κ2) is 4.61. The lowest BCUT2D eigenvalue weighted by atomic mass is 9.95. The summed E-state index contributed by atoms with van der Waals surface area (Å²) in [6, 6.07) is 9.71. The molecule has 0 saturated heterocycles. The molecule has 0 fully saturated rings. The largest absolute Gasteiger partial charge is 0.290 e. The molecule has 2 aromatic rings. The average molecular weight is 249 g/mol. The van der Waals surface area contributed by atoms with E-state index >= 15 is 0 Å². The van der Waals surface area contributed by atoms with Gasteiger partial charge in [0, 0.05) is 23.6 Å². The van der Waals surface area contributed by atoms with Crippen molar-refractivity contribution in [2.75, 3.05) is 0 Å². The number of pyridine rings is 1. The van der Waals surface area contributed by atoms with Crippen LogP contribution in [-0.2, 0) is 16.0 Å². The van der Waals surface area contributed by atoms with Crippen LogP contribution in [0.1, 0.15) is 5.56 Å². The van der Waals surface area contributed by atoms with Gasteiger partial charge >= 0.3 is 0 Å². The first-order chi connectivity index (χ1) is 9.24. The van der Waals surface area contributed by atoms with E-state index in [2.05, 4.69) is 4.98 Å². The monoisotopic (exact) mass is 249 g/mol. The second-order valence-electron chi connectivity index (χ2n) is 4.44. The molecule has 0 bridgehead atoms. The second-order valence-corrected chi connectivity index (χ2v) is 4.44. The fraction of sp³-hybridized carbons (Fsp3) is 0.0625. The summed E-state index contributed by atoms with van der Waals surface area (Å²) in [5.74, 6) is -0.240. The van der Waals surface area contributed by atoms with Gasteiger partial charge in [-0.05, 0) is 29.9 Å². The standard InChI is InChI=1S/C16H11NO2/c18-14-6-7-15(19)13(10-14)9-12-4-1-3-11-5-2-8-17-16(11)12/h1-8,10H,9H2. The van der Waals surface area contributed by atoms with Gasteiger partial charge in [0.1, 0.15) is 0 Å². The molecule has 19 heavy (non-hydrogen) atoms. The normalized spacial score (nSPS) is 14.8. The molecule has 1 aliphatic rings. The number of hydrogen-bond donors (Lipinski definition) is 0. The lowest BCUT2D eigenvalue weighted by Gasteiger charge is -2.09. The summed E-state index contributed by atoms with van der Waals surface area (Å²) in [7, 11) is 0. The van der Waals surface area contributed by atoms with Crippen molar-refractivity contribution in [1.29, 1.82) is 0 Å². The zero-order valence-corrected chi connectivity index (χ0v) is 10.2. The molecule has 1 aromatic heterocycles. The van der Waals surface area contributed by atoms with E-state index in [9.17, 15) is 9.59 Å². The molecule has 3 rings (SSSR count). The number of carbonyl (C=O) groups excluding carboxylic acids is 2. The molecule has 1 heterocycles. The number of hydrogen-bond acceptors (Lipinski definition) is 3. The molecule has 3 heteroatoms. The third-order valence-corrected chi connectivity index (χ3v) is 3.13. The van der Waals surface area contributed by atoms with E-state index in [1.807, 2.05) is 30.3 Å². The summed E-state index contributed by atoms with van der Waals surface area (Å²) >= 11 is 0. The zero-order chi connectivity index (χ0) is 13.2. The molecule has 3 nitrogen and oxygen atoms in total. The molecule has 0 unspecified atom stereocenters. The first-order valence-electron chi connectivity index (χ1n) is 6.03. The highest BCUT2D eigenvalue weighted by molar-refractivity contribution is 6.17. The van der Waals surface area contributed by atoms with Gasteiger partial charge in [-0.3, -0.25) is 14.6 Å². The lowest BCUT2D eigenvalue weighted by molar-refractivity contribution is -0.114. The fourth-order valence-corrected chi connectivity index (χ4v) is 2.21. The molecule has 92 valence electrons. The van der Waals surface area contributed by atoms with Crippen molar-refractivity contribution in [3.05, 3.63) is 65.9 Å². The summed E-state index contributed by atoms with van der Waals surface area (Å²) in [4.78, 5) is 27.4. The van der Waals surface area contributed by atoms with Gasteiger partial charge in [-0.1, -0.05) is 24.3 Å². The molecule has 0 spiro atoms. The lowest BCUT2D eigenvalue weighted by Crippen LogP contribution is -2.10. The van der Waals surface area contributed by atoms with Crippen LogP contribution in [0.5, 0.6) is 0 Å². The van der Waals surface area contributed by atoms with Crippen molar-refractivity contribution >= 4 is 22.5 Å². The number of nitrogens with zero attached hydrogens (tertiary/aromatic N) is 1. The van der Waals surface area contributed by atoms with E-state index in [0.29, 0.717) is 12.0 Å². The van der Waals surface area contributed by atoms with Crippen LogP contribution in [0.25, 0.3) is 10.9 Å². The first-order valence-corrected chi connectivity index (χ1v) is 6.03. The van der Waals surface area contributed by atoms with Crippen LogP contribution in [0.2, 0.25) is 0 Å². The van der Waals surface area contributed by atoms with Gasteiger partial charge < -0.3 is 0 Å². The number of aromatic nitrogens is 1. The molecule has 1 aliphatic carbocycles. The van der Waals surface area contributed by atoms with Crippen molar-refractivity contribution in [3.8, 4) is 0 Å². The molecule has 0 aliphatic heterocycles. The van der Waals surface area contributed by atoms with Gasteiger partial charge in [0.15, 0.2) is 11.6 Å². The van der Waals surface area contributed by atoms with E-state index in [4.69, 9.17) is 0 Å². The van der Waals surface area contributed by atoms with Crippen LogP contribution < -0.4 is 0 Å². The van der Waals surface area contributed by atoms with E-state index in [1.54, 1.807) is 6.20 Å². The quantitative estimate of drug-likeness (QED) is 0.768. The Bertz CT molecular complexity index is 736. The van der Waals surface area contributed by atoms with E-state index in [1.165, 1.54) is 18.2 Å². The first kappa shape index (κ1) is 11.5. The average Bonchev–Trinajstić information content (AvgIpc) is 2.43. The van der Waals surface area contributed by atoms with Crippen LogP contribution in [-0.4, -0.2) is 16.6 Å². The van der Waals surface area contributed by atoms with Crippen LogP contribution >= 0.6 is 0 Å². The van der Waals surface area contributed by atoms with E-state index in [0.717, 1.165) is 16.5 Å². The number of carbonyl (C=O) groups is 2. The number of rotatable bonds is 2. The third-order valence-electron chi connectivity index (χ3n) is 3.13. The Morgan fingerprint density at radius 3 is 2.74 bits per heavy atom. The Kier molecular flexibility index (Phi) is 2.80. The topological polar surface area (TPSA) is 47.0 Å². The number of allylic oxidation sites excluding steroid dienone is 4. The van der Waals surface area contributed by atoms with Crippen molar-refractivity contribution in [2.24, 2.45) is 0 Å². The summed E-state index contributed by atoms with van der Waals surface area (Å²) in [5, 5.41) is 1.03. The Balaban J connectivity index is 2.02. The Hall–Kier alpha value is -2.55. The molecular weight excluding hydrogens is 238 g/mol. The van der Waals surface area contributed by atoms with E-state index in [-0.39, 0.29) is 11.6 Å². The highest BCUT2D eigenvalue weighted by Crippen LogP contribution is 2.20. The number of para-hydroxylation sites is 1. The zero-order valence-electron chi connectivity index (χ0n) is 10.2. The minimum absolute atomic E-state index is 0.104. The van der Waals surface area contributed by atoms with Crippen LogP contribution in [0.15, 0.2) is 60.3 Å². The number of fused-ring (bicyclic) bond motifs is 1. The highest BCUT2D eigenvalue weighted by Gasteiger charge is 2.14. The van der Waals surface area contributed by atoms with Gasteiger partial charge in [0.25, 0.3) is 0 Å². The third kappa shape index (κ3) is 2.22. The summed E-state index contributed by atoms with van der Waals surface area (Å²) in [6.07, 6.45) is 6.20. The predicted octanol–water partition coefficient (Wildman–Crippen LogP) is 2.41.